The van der Waals surface area contributed by atoms with E-state index in [1.165, 1.54) is 6.42 Å². The van der Waals surface area contributed by atoms with Crippen molar-refractivity contribution in [2.75, 3.05) is 11.9 Å². The van der Waals surface area contributed by atoms with E-state index in [1.807, 2.05) is 48.5 Å². The number of rotatable bonds is 7. The van der Waals surface area contributed by atoms with Crippen LogP contribution >= 0.6 is 0 Å². The lowest BCUT2D eigenvalue weighted by molar-refractivity contribution is -0.142. The SMILES string of the molecule is O=C(C[C@@H]1C[C@@H]2c3cc(NC(=O)NC4CCCCC4)ccc3O[C@@H]2[C@H](CO)O1)NCc1ccccc1. The van der Waals surface area contributed by atoms with Gasteiger partial charge in [-0.15, -0.1) is 0 Å². The van der Waals surface area contributed by atoms with E-state index in [0.717, 1.165) is 42.6 Å². The van der Waals surface area contributed by atoms with Crippen molar-refractivity contribution in [1.82, 2.24) is 10.6 Å². The Bertz CT molecular complexity index is 1060. The lowest BCUT2D eigenvalue weighted by Gasteiger charge is -2.37. The highest BCUT2D eigenvalue weighted by molar-refractivity contribution is 5.89. The number of anilines is 1. The van der Waals surface area contributed by atoms with E-state index in [9.17, 15) is 14.7 Å². The fraction of sp³-hybridized carbons (Fsp3) is 0.500. The Hall–Kier alpha value is -3.10. The summed E-state index contributed by atoms with van der Waals surface area (Å²) in [7, 11) is 0. The molecular weight excluding hydrogens is 458 g/mol. The van der Waals surface area contributed by atoms with Crippen molar-refractivity contribution < 1.29 is 24.2 Å². The lowest BCUT2D eigenvalue weighted by Crippen LogP contribution is -2.47. The number of amides is 3. The molecule has 2 aliphatic heterocycles. The van der Waals surface area contributed by atoms with Crippen molar-refractivity contribution in [1.29, 1.82) is 0 Å². The minimum atomic E-state index is -0.519. The molecule has 1 saturated heterocycles. The monoisotopic (exact) mass is 493 g/mol. The number of hydrogen-bond donors (Lipinski definition) is 4. The summed E-state index contributed by atoms with van der Waals surface area (Å²) in [5.74, 6) is 0.619. The first-order valence-corrected chi connectivity index (χ1v) is 13.0. The highest BCUT2D eigenvalue weighted by Gasteiger charge is 2.46. The molecular formula is C28H35N3O5. The molecule has 0 radical (unpaired) electrons. The second-order valence-corrected chi connectivity index (χ2v) is 10.1. The molecule has 3 aliphatic rings. The molecule has 0 unspecified atom stereocenters. The van der Waals surface area contributed by atoms with Crippen molar-refractivity contribution in [3.8, 4) is 5.75 Å². The number of fused-ring (bicyclic) bond motifs is 3. The van der Waals surface area contributed by atoms with Crippen LogP contribution in [0.1, 0.15) is 62.0 Å². The van der Waals surface area contributed by atoms with E-state index in [0.29, 0.717) is 18.7 Å². The molecule has 1 saturated carbocycles. The number of nitrogens with one attached hydrogen (secondary N) is 3. The number of hydrogen-bond acceptors (Lipinski definition) is 5. The zero-order chi connectivity index (χ0) is 24.9. The predicted molar refractivity (Wildman–Crippen MR) is 136 cm³/mol. The van der Waals surface area contributed by atoms with Crippen LogP contribution in [0.15, 0.2) is 48.5 Å². The van der Waals surface area contributed by atoms with Crippen molar-refractivity contribution in [2.24, 2.45) is 0 Å². The number of aliphatic hydroxyl groups excluding tert-OH is 1. The summed E-state index contributed by atoms with van der Waals surface area (Å²) in [4.78, 5) is 25.2. The summed E-state index contributed by atoms with van der Waals surface area (Å²) in [5, 5.41) is 19.0. The third-order valence-corrected chi connectivity index (χ3v) is 7.44. The third kappa shape index (κ3) is 5.82. The standard InChI is InChI=1S/C28H35N3O5/c32-17-25-27-23(14-21(35-25)15-26(33)29-16-18-7-3-1-4-8-18)22-13-20(11-12-24(22)36-27)31-28(34)30-19-9-5-2-6-10-19/h1,3-4,7-8,11-13,19,21,23,25,27,32H,2,5-6,9-10,14-17H2,(H,29,33)(H2,30,31,34)/t21-,23+,25-,27-/m0/s1. The van der Waals surface area contributed by atoms with Crippen molar-refractivity contribution >= 4 is 17.6 Å². The molecule has 192 valence electrons. The average Bonchev–Trinajstić information content (AvgIpc) is 3.26. The van der Waals surface area contributed by atoms with E-state index >= 15 is 0 Å². The first-order valence-electron chi connectivity index (χ1n) is 13.0. The number of benzene rings is 2. The molecule has 0 spiro atoms. The Morgan fingerprint density at radius 1 is 1.03 bits per heavy atom. The largest absolute Gasteiger partial charge is 0.487 e. The average molecular weight is 494 g/mol. The molecule has 5 rings (SSSR count). The summed E-state index contributed by atoms with van der Waals surface area (Å²) in [5.41, 5.74) is 2.72. The first-order chi connectivity index (χ1) is 17.6. The second-order valence-electron chi connectivity index (χ2n) is 10.1. The van der Waals surface area contributed by atoms with Gasteiger partial charge in [0.2, 0.25) is 5.91 Å². The second kappa shape index (κ2) is 11.3. The quantitative estimate of drug-likeness (QED) is 0.469. The summed E-state index contributed by atoms with van der Waals surface area (Å²) in [6.07, 6.45) is 5.24. The van der Waals surface area contributed by atoms with Gasteiger partial charge in [0.1, 0.15) is 18.0 Å². The van der Waals surface area contributed by atoms with E-state index < -0.39 is 6.10 Å². The minimum Gasteiger partial charge on any atom is -0.487 e. The summed E-state index contributed by atoms with van der Waals surface area (Å²) in [6, 6.07) is 15.5. The molecule has 4 N–H and O–H groups in total. The van der Waals surface area contributed by atoms with E-state index in [1.54, 1.807) is 0 Å². The number of aliphatic hydroxyl groups is 1. The van der Waals surface area contributed by atoms with Gasteiger partial charge in [-0.2, -0.15) is 0 Å². The van der Waals surface area contributed by atoms with Gasteiger partial charge in [-0.3, -0.25) is 4.79 Å². The van der Waals surface area contributed by atoms with Crippen LogP contribution in [0.3, 0.4) is 0 Å². The molecule has 4 atom stereocenters. The topological polar surface area (TPSA) is 109 Å². The lowest BCUT2D eigenvalue weighted by atomic mass is 9.84. The zero-order valence-electron chi connectivity index (χ0n) is 20.4. The number of ether oxygens (including phenoxy) is 2. The molecule has 0 aromatic heterocycles. The van der Waals surface area contributed by atoms with Gasteiger partial charge < -0.3 is 30.5 Å². The highest BCUT2D eigenvalue weighted by Crippen LogP contribution is 2.47. The van der Waals surface area contributed by atoms with E-state index in [4.69, 9.17) is 9.47 Å². The number of carbonyl (C=O) groups excluding carboxylic acids is 2. The fourth-order valence-corrected chi connectivity index (χ4v) is 5.64. The maximum absolute atomic E-state index is 12.6. The first kappa shape index (κ1) is 24.6. The molecule has 3 amide bonds. The van der Waals surface area contributed by atoms with E-state index in [-0.39, 0.29) is 49.1 Å². The van der Waals surface area contributed by atoms with Gasteiger partial charge in [-0.1, -0.05) is 49.6 Å². The van der Waals surface area contributed by atoms with Gasteiger partial charge in [0.05, 0.1) is 19.1 Å². The Kier molecular flexibility index (Phi) is 7.72. The molecule has 8 heteroatoms. The van der Waals surface area contributed by atoms with Crippen LogP contribution in [0, 0.1) is 0 Å². The zero-order valence-corrected chi connectivity index (χ0v) is 20.4. The van der Waals surface area contributed by atoms with Crippen LogP contribution in [-0.2, 0) is 16.1 Å². The Labute approximate surface area is 211 Å². The van der Waals surface area contributed by atoms with Crippen molar-refractivity contribution in [3.63, 3.8) is 0 Å². The van der Waals surface area contributed by atoms with Gasteiger partial charge in [0.25, 0.3) is 0 Å². The Morgan fingerprint density at radius 3 is 2.61 bits per heavy atom. The molecule has 2 aromatic carbocycles. The van der Waals surface area contributed by atoms with Crippen molar-refractivity contribution in [3.05, 3.63) is 59.7 Å². The van der Waals surface area contributed by atoms with Gasteiger partial charge in [-0.05, 0) is 43.0 Å². The van der Waals surface area contributed by atoms with Crippen LogP contribution in [0.2, 0.25) is 0 Å². The number of urea groups is 1. The molecule has 2 heterocycles. The maximum Gasteiger partial charge on any atom is 0.319 e. The van der Waals surface area contributed by atoms with Crippen LogP contribution in [0.4, 0.5) is 10.5 Å². The maximum atomic E-state index is 12.6. The molecule has 8 nitrogen and oxygen atoms in total. The van der Waals surface area contributed by atoms with Crippen LogP contribution in [-0.4, -0.2) is 48.0 Å². The normalized spacial score (nSPS) is 25.2. The Balaban J connectivity index is 1.21. The third-order valence-electron chi connectivity index (χ3n) is 7.44. The van der Waals surface area contributed by atoms with Crippen molar-refractivity contribution in [2.45, 2.75) is 81.8 Å². The van der Waals surface area contributed by atoms with E-state index in [2.05, 4.69) is 16.0 Å². The molecule has 2 fully saturated rings. The summed E-state index contributed by atoms with van der Waals surface area (Å²) in [6.45, 7) is 0.276. The molecule has 0 bridgehead atoms. The van der Waals surface area contributed by atoms with Crippen LogP contribution in [0.5, 0.6) is 5.75 Å². The van der Waals surface area contributed by atoms with Gasteiger partial charge in [0.15, 0.2) is 0 Å². The minimum absolute atomic E-state index is 0.0269. The highest BCUT2D eigenvalue weighted by atomic mass is 16.6. The molecule has 2 aromatic rings. The number of carbonyl (C=O) groups is 2. The summed E-state index contributed by atoms with van der Waals surface area (Å²) < 4.78 is 12.2. The van der Waals surface area contributed by atoms with Gasteiger partial charge in [-0.25, -0.2) is 4.79 Å². The smallest absolute Gasteiger partial charge is 0.319 e. The van der Waals surface area contributed by atoms with Gasteiger partial charge >= 0.3 is 6.03 Å². The van der Waals surface area contributed by atoms with Crippen LogP contribution < -0.4 is 20.7 Å². The Morgan fingerprint density at radius 2 is 1.83 bits per heavy atom. The van der Waals surface area contributed by atoms with Gasteiger partial charge in [0, 0.05) is 29.8 Å². The van der Waals surface area contributed by atoms with Crippen LogP contribution in [0.25, 0.3) is 0 Å². The molecule has 1 aliphatic carbocycles. The fourth-order valence-electron chi connectivity index (χ4n) is 5.64. The predicted octanol–water partition coefficient (Wildman–Crippen LogP) is 3.84. The molecule has 36 heavy (non-hydrogen) atoms. The summed E-state index contributed by atoms with van der Waals surface area (Å²) >= 11 is 0.